The molecule has 0 aromatic heterocycles. The second-order valence-electron chi connectivity index (χ2n) is 6.55. The Hall–Kier alpha value is 0.0569. The minimum absolute atomic E-state index is 1.17. The van der Waals surface area contributed by atoms with Crippen molar-refractivity contribution < 1.29 is 4.43 Å². The van der Waals surface area contributed by atoms with Crippen LogP contribution < -0.4 is 0 Å². The number of piperazine rings is 1. The van der Waals surface area contributed by atoms with Crippen LogP contribution >= 0.6 is 0 Å². The molecule has 0 aliphatic carbocycles. The molecule has 0 radical (unpaired) electrons. The third-order valence-electron chi connectivity index (χ3n) is 4.13. The lowest BCUT2D eigenvalue weighted by Gasteiger charge is -2.35. The molecule has 0 saturated carbocycles. The van der Waals surface area contributed by atoms with Crippen molar-refractivity contribution >= 4 is 8.32 Å². The van der Waals surface area contributed by atoms with Crippen molar-refractivity contribution in [3.05, 3.63) is 0 Å². The Kier molecular flexibility index (Phi) is 7.53. The van der Waals surface area contributed by atoms with Crippen LogP contribution in [-0.2, 0) is 4.43 Å². The summed E-state index contributed by atoms with van der Waals surface area (Å²) in [5, 5.41) is 0. The zero-order chi connectivity index (χ0) is 14.3. The van der Waals surface area contributed by atoms with E-state index in [2.05, 4.69) is 41.9 Å². The molecule has 1 aliphatic rings. The lowest BCUT2D eigenvalue weighted by atomic mass is 10.3. The van der Waals surface area contributed by atoms with E-state index in [1.807, 2.05) is 7.11 Å². The summed E-state index contributed by atoms with van der Waals surface area (Å²) >= 11 is 0. The van der Waals surface area contributed by atoms with E-state index >= 15 is 0 Å². The first-order chi connectivity index (χ1) is 8.93. The Morgan fingerprint density at radius 3 is 2.00 bits per heavy atom. The highest BCUT2D eigenvalue weighted by atomic mass is 28.4. The van der Waals surface area contributed by atoms with E-state index in [-0.39, 0.29) is 0 Å². The van der Waals surface area contributed by atoms with Crippen molar-refractivity contribution in [3.63, 3.8) is 0 Å². The minimum atomic E-state index is -1.34. The standard InChI is InChI=1S/C14H33N3OSi/c1-15(2)8-9-17-12-10-16(11-13-17)7-6-14-19(4,5)18-3/h6-14H2,1-5H3. The van der Waals surface area contributed by atoms with Crippen LogP contribution in [0.15, 0.2) is 0 Å². The predicted molar refractivity (Wildman–Crippen MR) is 85.3 cm³/mol. The van der Waals surface area contributed by atoms with Crippen molar-refractivity contribution in [1.29, 1.82) is 0 Å². The van der Waals surface area contributed by atoms with Gasteiger partial charge in [0.2, 0.25) is 0 Å². The zero-order valence-electron chi connectivity index (χ0n) is 13.6. The van der Waals surface area contributed by atoms with Crippen LogP contribution in [0.5, 0.6) is 0 Å². The van der Waals surface area contributed by atoms with E-state index in [1.165, 1.54) is 58.3 Å². The Bertz CT molecular complexity index is 241. The average molecular weight is 288 g/mol. The summed E-state index contributed by atoms with van der Waals surface area (Å²) in [5.74, 6) is 0. The van der Waals surface area contributed by atoms with E-state index in [1.54, 1.807) is 0 Å². The Morgan fingerprint density at radius 1 is 1.00 bits per heavy atom. The van der Waals surface area contributed by atoms with Crippen LogP contribution in [0, 0.1) is 0 Å². The normalized spacial score (nSPS) is 19.3. The molecule has 114 valence electrons. The first-order valence-corrected chi connectivity index (χ1v) is 10.7. The van der Waals surface area contributed by atoms with Crippen LogP contribution in [0.3, 0.4) is 0 Å². The monoisotopic (exact) mass is 287 g/mol. The summed E-state index contributed by atoms with van der Waals surface area (Å²) in [6.45, 7) is 13.2. The molecule has 0 unspecified atom stereocenters. The lowest BCUT2D eigenvalue weighted by Crippen LogP contribution is -2.48. The van der Waals surface area contributed by atoms with Crippen molar-refractivity contribution in [2.75, 3.05) is 67.0 Å². The number of rotatable bonds is 8. The van der Waals surface area contributed by atoms with Gasteiger partial charge in [0, 0.05) is 46.4 Å². The molecule has 0 aromatic carbocycles. The van der Waals surface area contributed by atoms with E-state index in [0.29, 0.717) is 0 Å². The van der Waals surface area contributed by atoms with Gasteiger partial charge in [-0.2, -0.15) is 0 Å². The number of hydrogen-bond acceptors (Lipinski definition) is 4. The molecule has 4 nitrogen and oxygen atoms in total. The van der Waals surface area contributed by atoms with Crippen molar-refractivity contribution in [3.8, 4) is 0 Å². The van der Waals surface area contributed by atoms with E-state index in [4.69, 9.17) is 4.43 Å². The smallest absolute Gasteiger partial charge is 0.186 e. The maximum Gasteiger partial charge on any atom is 0.186 e. The third-order valence-corrected chi connectivity index (χ3v) is 6.80. The van der Waals surface area contributed by atoms with Gasteiger partial charge in [0.25, 0.3) is 0 Å². The van der Waals surface area contributed by atoms with Crippen LogP contribution in [0.2, 0.25) is 19.1 Å². The second kappa shape index (κ2) is 8.37. The van der Waals surface area contributed by atoms with E-state index < -0.39 is 8.32 Å². The molecule has 0 aromatic rings. The highest BCUT2D eigenvalue weighted by molar-refractivity contribution is 6.71. The molecule has 5 heteroatoms. The molecule has 19 heavy (non-hydrogen) atoms. The molecule has 1 fully saturated rings. The SMILES string of the molecule is CO[Si](C)(C)CCCN1CCN(CCN(C)C)CC1. The fourth-order valence-electron chi connectivity index (χ4n) is 2.41. The fourth-order valence-corrected chi connectivity index (χ4v) is 3.62. The summed E-state index contributed by atoms with van der Waals surface area (Å²) in [7, 11) is 4.83. The van der Waals surface area contributed by atoms with Gasteiger partial charge in [0.1, 0.15) is 0 Å². The van der Waals surface area contributed by atoms with E-state index in [0.717, 1.165) is 0 Å². The first-order valence-electron chi connectivity index (χ1n) is 7.57. The summed E-state index contributed by atoms with van der Waals surface area (Å²) in [4.78, 5) is 7.47. The van der Waals surface area contributed by atoms with Gasteiger partial charge < -0.3 is 14.2 Å². The van der Waals surface area contributed by atoms with Gasteiger partial charge in [-0.05, 0) is 46.2 Å². The Balaban J connectivity index is 2.10. The molecule has 0 amide bonds. The van der Waals surface area contributed by atoms with Gasteiger partial charge in [-0.15, -0.1) is 0 Å². The molecule has 0 bridgehead atoms. The maximum absolute atomic E-state index is 5.61. The van der Waals surface area contributed by atoms with Gasteiger partial charge >= 0.3 is 0 Å². The third kappa shape index (κ3) is 7.42. The molecular formula is C14H33N3OSi. The topological polar surface area (TPSA) is 19.0 Å². The summed E-state index contributed by atoms with van der Waals surface area (Å²) in [6.07, 6.45) is 1.30. The molecule has 1 saturated heterocycles. The summed E-state index contributed by atoms with van der Waals surface area (Å²) < 4.78 is 5.61. The Morgan fingerprint density at radius 2 is 1.53 bits per heavy atom. The van der Waals surface area contributed by atoms with Gasteiger partial charge in [0.05, 0.1) is 0 Å². The molecule has 1 aliphatic heterocycles. The molecule has 1 rings (SSSR count). The molecule has 0 N–H and O–H groups in total. The van der Waals surface area contributed by atoms with Crippen molar-refractivity contribution in [1.82, 2.24) is 14.7 Å². The highest BCUT2D eigenvalue weighted by Gasteiger charge is 2.21. The predicted octanol–water partition coefficient (Wildman–Crippen LogP) is 1.41. The van der Waals surface area contributed by atoms with Crippen molar-refractivity contribution in [2.24, 2.45) is 0 Å². The quantitative estimate of drug-likeness (QED) is 0.628. The maximum atomic E-state index is 5.61. The van der Waals surface area contributed by atoms with Crippen molar-refractivity contribution in [2.45, 2.75) is 25.6 Å². The first kappa shape index (κ1) is 17.1. The van der Waals surface area contributed by atoms with Crippen LogP contribution in [0.1, 0.15) is 6.42 Å². The largest absolute Gasteiger partial charge is 0.420 e. The molecule has 0 spiro atoms. The summed E-state index contributed by atoms with van der Waals surface area (Å²) in [6, 6.07) is 1.28. The zero-order valence-corrected chi connectivity index (χ0v) is 14.6. The molecular weight excluding hydrogens is 254 g/mol. The highest BCUT2D eigenvalue weighted by Crippen LogP contribution is 2.13. The average Bonchev–Trinajstić information content (AvgIpc) is 2.37. The minimum Gasteiger partial charge on any atom is -0.420 e. The van der Waals surface area contributed by atoms with Crippen LogP contribution in [-0.4, -0.2) is 90.0 Å². The lowest BCUT2D eigenvalue weighted by molar-refractivity contribution is 0.125. The number of likely N-dealkylation sites (N-methyl/N-ethyl adjacent to an activating group) is 1. The fraction of sp³-hybridized carbons (Fsp3) is 1.00. The van der Waals surface area contributed by atoms with Gasteiger partial charge in [-0.3, -0.25) is 4.90 Å². The van der Waals surface area contributed by atoms with Gasteiger partial charge in [0.15, 0.2) is 8.32 Å². The summed E-state index contributed by atoms with van der Waals surface area (Å²) in [5.41, 5.74) is 0. The van der Waals surface area contributed by atoms with E-state index in [9.17, 15) is 0 Å². The van der Waals surface area contributed by atoms with Crippen LogP contribution in [0.25, 0.3) is 0 Å². The van der Waals surface area contributed by atoms with Gasteiger partial charge in [-0.1, -0.05) is 0 Å². The van der Waals surface area contributed by atoms with Crippen LogP contribution in [0.4, 0.5) is 0 Å². The number of nitrogens with zero attached hydrogens (tertiary/aromatic N) is 3. The molecule has 1 heterocycles. The molecule has 0 atom stereocenters. The second-order valence-corrected chi connectivity index (χ2v) is 11.0. The van der Waals surface area contributed by atoms with Gasteiger partial charge in [-0.25, -0.2) is 0 Å². The Labute approximate surface area is 120 Å². The number of hydrogen-bond donors (Lipinski definition) is 0.